The zero-order valence-corrected chi connectivity index (χ0v) is 27.9. The van der Waals surface area contributed by atoms with Gasteiger partial charge in [-0.15, -0.1) is 5.10 Å². The molecule has 50 heavy (non-hydrogen) atoms. The Morgan fingerprint density at radius 3 is 2.20 bits per heavy atom. The molecule has 2 saturated heterocycles. The number of rotatable bonds is 13. The van der Waals surface area contributed by atoms with Gasteiger partial charge in [0.05, 0.1) is 30.8 Å². The summed E-state index contributed by atoms with van der Waals surface area (Å²) in [5, 5.41) is 29.5. The standard InChI is InChI=1S/C35H38N6O9/c1-21(6-4-5-14-38-20-25(13-15-42)36-37-38)35(48)28-16-27(41-31(46)18-33(41)50-23(3)44)11-12-29(28)39(34(35)47)19-24-7-9-26(10-8-24)40-30(45)17-32(40)49-22(2)43/h4,6-12,16,20-21,32-33,42,48H,5,13-15,17-19H2,1-3H3/b6-4+/t21-,32?,33?,35+/m0/s1. The van der Waals surface area contributed by atoms with Crippen LogP contribution in [0.1, 0.15) is 56.9 Å². The Bertz CT molecular complexity index is 1860. The molecule has 0 radical (unpaired) electrons. The number of β-lactam (4-membered cyclic amide) rings is 2. The molecule has 2 unspecified atom stereocenters. The van der Waals surface area contributed by atoms with Crippen molar-refractivity contribution in [2.24, 2.45) is 5.92 Å². The molecule has 2 fully saturated rings. The summed E-state index contributed by atoms with van der Waals surface area (Å²) in [6.45, 7) is 4.84. The Hall–Kier alpha value is -5.41. The zero-order valence-electron chi connectivity index (χ0n) is 27.9. The molecule has 3 aromatic rings. The molecule has 1 aromatic heterocycles. The van der Waals surface area contributed by atoms with Crippen LogP contribution in [0.2, 0.25) is 0 Å². The zero-order chi connectivity index (χ0) is 35.7. The lowest BCUT2D eigenvalue weighted by molar-refractivity contribution is -0.155. The van der Waals surface area contributed by atoms with E-state index >= 15 is 0 Å². The number of ether oxygens (including phenoxy) is 2. The molecule has 3 aliphatic rings. The van der Waals surface area contributed by atoms with Crippen molar-refractivity contribution in [3.63, 3.8) is 0 Å². The van der Waals surface area contributed by atoms with Gasteiger partial charge in [0.25, 0.3) is 5.91 Å². The lowest BCUT2D eigenvalue weighted by Gasteiger charge is -2.39. The number of hydrogen-bond donors (Lipinski definition) is 2. The summed E-state index contributed by atoms with van der Waals surface area (Å²) in [4.78, 5) is 66.5. The Labute approximate surface area is 287 Å². The number of esters is 2. The number of aryl methyl sites for hydroxylation is 1. The summed E-state index contributed by atoms with van der Waals surface area (Å²) in [5.74, 6) is -2.73. The number of nitrogens with zero attached hydrogens (tertiary/aromatic N) is 6. The number of carbonyl (C=O) groups is 5. The largest absolute Gasteiger partial charge is 0.441 e. The first kappa shape index (κ1) is 34.5. The van der Waals surface area contributed by atoms with Crippen molar-refractivity contribution >= 4 is 46.7 Å². The van der Waals surface area contributed by atoms with Gasteiger partial charge in [0, 0.05) is 62.5 Å². The molecule has 15 heteroatoms. The van der Waals surface area contributed by atoms with Crippen molar-refractivity contribution in [3.8, 4) is 0 Å². The maximum atomic E-state index is 14.3. The van der Waals surface area contributed by atoms with Gasteiger partial charge < -0.3 is 24.6 Å². The third kappa shape index (κ3) is 6.48. The summed E-state index contributed by atoms with van der Waals surface area (Å²) in [7, 11) is 0. The van der Waals surface area contributed by atoms with Crippen LogP contribution in [0.3, 0.4) is 0 Å². The quantitative estimate of drug-likeness (QED) is 0.152. The van der Waals surface area contributed by atoms with Crippen LogP contribution < -0.4 is 14.7 Å². The molecule has 6 rings (SSSR count). The van der Waals surface area contributed by atoms with E-state index in [4.69, 9.17) is 14.6 Å². The molecule has 15 nitrogen and oxygen atoms in total. The third-order valence-electron chi connectivity index (χ3n) is 9.06. The molecular weight excluding hydrogens is 648 g/mol. The van der Waals surface area contributed by atoms with E-state index in [2.05, 4.69) is 10.3 Å². The van der Waals surface area contributed by atoms with Crippen molar-refractivity contribution in [2.45, 2.75) is 77.6 Å². The van der Waals surface area contributed by atoms with Crippen LogP contribution in [-0.4, -0.2) is 73.9 Å². The summed E-state index contributed by atoms with van der Waals surface area (Å²) in [6.07, 6.45) is 4.97. The Balaban J connectivity index is 1.26. The lowest BCUT2D eigenvalue weighted by atomic mass is 9.82. The van der Waals surface area contributed by atoms with E-state index in [1.54, 1.807) is 66.3 Å². The van der Waals surface area contributed by atoms with E-state index in [0.29, 0.717) is 53.3 Å². The fraction of sp³-hybridized carbons (Fsp3) is 0.400. The maximum absolute atomic E-state index is 14.3. The number of carbonyl (C=O) groups excluding carboxylic acids is 5. The van der Waals surface area contributed by atoms with Crippen molar-refractivity contribution in [1.29, 1.82) is 0 Å². The Morgan fingerprint density at radius 1 is 0.980 bits per heavy atom. The molecule has 4 heterocycles. The molecule has 2 aromatic carbocycles. The average Bonchev–Trinajstić information content (AvgIpc) is 3.59. The van der Waals surface area contributed by atoms with Crippen LogP contribution in [0.5, 0.6) is 0 Å². The molecule has 0 aliphatic carbocycles. The van der Waals surface area contributed by atoms with Gasteiger partial charge in [-0.1, -0.05) is 36.4 Å². The van der Waals surface area contributed by atoms with Crippen LogP contribution in [0.15, 0.2) is 60.8 Å². The highest BCUT2D eigenvalue weighted by molar-refractivity contribution is 6.08. The molecule has 0 spiro atoms. The van der Waals surface area contributed by atoms with Crippen LogP contribution in [0.25, 0.3) is 0 Å². The highest BCUT2D eigenvalue weighted by Crippen LogP contribution is 2.48. The fourth-order valence-electron chi connectivity index (χ4n) is 6.48. The predicted molar refractivity (Wildman–Crippen MR) is 177 cm³/mol. The van der Waals surface area contributed by atoms with Crippen LogP contribution in [-0.2, 0) is 58.6 Å². The molecule has 3 aliphatic heterocycles. The fourth-order valence-corrected chi connectivity index (χ4v) is 6.48. The second kappa shape index (κ2) is 13.8. The second-order valence-corrected chi connectivity index (χ2v) is 12.5. The highest BCUT2D eigenvalue weighted by Gasteiger charge is 2.53. The smallest absolute Gasteiger partial charge is 0.304 e. The van der Waals surface area contributed by atoms with Crippen LogP contribution in [0, 0.1) is 5.92 Å². The van der Waals surface area contributed by atoms with E-state index in [1.807, 2.05) is 6.08 Å². The van der Waals surface area contributed by atoms with Crippen molar-refractivity contribution in [3.05, 3.63) is 77.6 Å². The van der Waals surface area contributed by atoms with Crippen molar-refractivity contribution < 1.29 is 43.7 Å². The lowest BCUT2D eigenvalue weighted by Crippen LogP contribution is -2.55. The monoisotopic (exact) mass is 686 g/mol. The number of anilines is 3. The predicted octanol–water partition coefficient (Wildman–Crippen LogP) is 2.08. The number of aromatic nitrogens is 3. The van der Waals surface area contributed by atoms with Crippen molar-refractivity contribution in [1.82, 2.24) is 15.0 Å². The van der Waals surface area contributed by atoms with Gasteiger partial charge in [-0.25, -0.2) is 0 Å². The first-order chi connectivity index (χ1) is 23.9. The van der Waals surface area contributed by atoms with Gasteiger partial charge in [-0.3, -0.25) is 38.5 Å². The molecule has 262 valence electrons. The number of aliphatic hydroxyl groups excluding tert-OH is 1. The van der Waals surface area contributed by atoms with E-state index in [-0.39, 0.29) is 37.8 Å². The number of hydrogen-bond acceptors (Lipinski definition) is 11. The minimum atomic E-state index is -2.00. The van der Waals surface area contributed by atoms with E-state index in [1.165, 1.54) is 28.5 Å². The Morgan fingerprint density at radius 2 is 1.60 bits per heavy atom. The molecule has 0 saturated carbocycles. The first-order valence-electron chi connectivity index (χ1n) is 16.3. The number of fused-ring (bicyclic) bond motifs is 1. The Kier molecular flexibility index (Phi) is 9.54. The maximum Gasteiger partial charge on any atom is 0.304 e. The summed E-state index contributed by atoms with van der Waals surface area (Å²) in [5.41, 5.74) is 1.06. The average molecular weight is 687 g/mol. The number of amides is 3. The van der Waals surface area contributed by atoms with Gasteiger partial charge in [0.2, 0.25) is 11.8 Å². The first-order valence-corrected chi connectivity index (χ1v) is 16.3. The molecular formula is C35H38N6O9. The van der Waals surface area contributed by atoms with Gasteiger partial charge in [0.15, 0.2) is 18.1 Å². The minimum Gasteiger partial charge on any atom is -0.441 e. The van der Waals surface area contributed by atoms with Gasteiger partial charge in [-0.05, 0) is 42.3 Å². The molecule has 2 N–H and O–H groups in total. The number of aliphatic hydroxyl groups is 2. The minimum absolute atomic E-state index is 0.0255. The van der Waals surface area contributed by atoms with Crippen molar-refractivity contribution in [2.75, 3.05) is 21.3 Å². The molecule has 3 amide bonds. The van der Waals surface area contributed by atoms with Crippen LogP contribution in [0.4, 0.5) is 17.1 Å². The summed E-state index contributed by atoms with van der Waals surface area (Å²) < 4.78 is 12.2. The van der Waals surface area contributed by atoms with Crippen LogP contribution >= 0.6 is 0 Å². The summed E-state index contributed by atoms with van der Waals surface area (Å²) >= 11 is 0. The summed E-state index contributed by atoms with van der Waals surface area (Å²) in [6, 6.07) is 11.8. The molecule has 0 bridgehead atoms. The SMILES string of the molecule is CC(=O)OC1CC(=O)N1c1ccc(CN2C(=O)[C@@](O)([C@@H](C)/C=C/CCn3cc(CCO)nn3)c3cc(N4C(=O)CC4OC(C)=O)ccc32)cc1. The number of allylic oxidation sites excluding steroid dienone is 1. The highest BCUT2D eigenvalue weighted by atomic mass is 16.6. The number of benzene rings is 2. The van der Waals surface area contributed by atoms with Gasteiger partial charge >= 0.3 is 11.9 Å². The molecule has 4 atom stereocenters. The van der Waals surface area contributed by atoms with Gasteiger partial charge in [-0.2, -0.15) is 0 Å². The van der Waals surface area contributed by atoms with E-state index < -0.39 is 41.8 Å². The van der Waals surface area contributed by atoms with E-state index in [9.17, 15) is 29.1 Å². The normalized spacial score (nSPS) is 22.0. The van der Waals surface area contributed by atoms with Gasteiger partial charge in [0.1, 0.15) is 0 Å². The third-order valence-corrected chi connectivity index (χ3v) is 9.06. The van der Waals surface area contributed by atoms with E-state index in [0.717, 1.165) is 0 Å². The topological polar surface area (TPSA) is 185 Å². The second-order valence-electron chi connectivity index (χ2n) is 12.5.